The van der Waals surface area contributed by atoms with Gasteiger partial charge in [-0.25, -0.2) is 0 Å². The molecule has 0 spiro atoms. The van der Waals surface area contributed by atoms with Gasteiger partial charge in [0.1, 0.15) is 17.4 Å². The zero-order valence-electron chi connectivity index (χ0n) is 8.51. The molecule has 1 aromatic rings. The molecule has 4 N–H and O–H groups in total. The molecule has 1 amide bonds. The normalized spacial score (nSPS) is 18.1. The van der Waals surface area contributed by atoms with E-state index in [0.29, 0.717) is 18.5 Å². The number of nitrogens with zero attached hydrogens (tertiary/aromatic N) is 2. The summed E-state index contributed by atoms with van der Waals surface area (Å²) in [5.41, 5.74) is 5.28. The standard InChI is InChI=1S/C9H12N4O3/c10-7(12-15)9(2-3-9)8(14)11-5-6-1-4-16-13-6/h1,4,15H,2-3,5H2,(H2,10,12)(H,11,14). The summed E-state index contributed by atoms with van der Waals surface area (Å²) in [6.45, 7) is 0.274. The number of hydrogen-bond donors (Lipinski definition) is 3. The molecule has 1 heterocycles. The molecule has 0 saturated heterocycles. The minimum atomic E-state index is -0.821. The molecule has 0 unspecified atom stereocenters. The number of oxime groups is 1. The first-order valence-corrected chi connectivity index (χ1v) is 4.84. The summed E-state index contributed by atoms with van der Waals surface area (Å²) >= 11 is 0. The molecule has 0 atom stereocenters. The number of carbonyl (C=O) groups is 1. The van der Waals surface area contributed by atoms with Crippen LogP contribution in [-0.2, 0) is 11.3 Å². The van der Waals surface area contributed by atoms with Crippen molar-refractivity contribution in [3.8, 4) is 0 Å². The summed E-state index contributed by atoms with van der Waals surface area (Å²) in [4.78, 5) is 11.8. The largest absolute Gasteiger partial charge is 0.409 e. The van der Waals surface area contributed by atoms with Crippen LogP contribution in [0.2, 0.25) is 0 Å². The highest BCUT2D eigenvalue weighted by atomic mass is 16.5. The maximum Gasteiger partial charge on any atom is 0.234 e. The number of hydrogen-bond acceptors (Lipinski definition) is 5. The highest BCUT2D eigenvalue weighted by Gasteiger charge is 2.54. The van der Waals surface area contributed by atoms with Crippen molar-refractivity contribution in [3.63, 3.8) is 0 Å². The van der Waals surface area contributed by atoms with Gasteiger partial charge in [-0.05, 0) is 12.8 Å². The van der Waals surface area contributed by atoms with E-state index < -0.39 is 5.41 Å². The SMILES string of the molecule is N/C(=N/O)C1(C(=O)NCc2ccon2)CC1. The topological polar surface area (TPSA) is 114 Å². The van der Waals surface area contributed by atoms with Crippen LogP contribution < -0.4 is 11.1 Å². The van der Waals surface area contributed by atoms with Gasteiger partial charge in [-0.3, -0.25) is 4.79 Å². The van der Waals surface area contributed by atoms with Crippen LogP contribution >= 0.6 is 0 Å². The van der Waals surface area contributed by atoms with Crippen LogP contribution in [0.25, 0.3) is 0 Å². The van der Waals surface area contributed by atoms with Gasteiger partial charge in [0.2, 0.25) is 5.91 Å². The number of amides is 1. The molecule has 0 bridgehead atoms. The van der Waals surface area contributed by atoms with Gasteiger partial charge in [0, 0.05) is 6.07 Å². The highest BCUT2D eigenvalue weighted by Crippen LogP contribution is 2.46. The van der Waals surface area contributed by atoms with Crippen LogP contribution in [0.1, 0.15) is 18.5 Å². The number of nitrogens with two attached hydrogens (primary N) is 1. The van der Waals surface area contributed by atoms with Crippen molar-refractivity contribution in [1.29, 1.82) is 0 Å². The Balaban J connectivity index is 1.94. The zero-order valence-corrected chi connectivity index (χ0v) is 8.51. The third-order valence-electron chi connectivity index (χ3n) is 2.70. The van der Waals surface area contributed by atoms with Crippen LogP contribution in [-0.4, -0.2) is 22.1 Å². The molecule has 0 aromatic carbocycles. The van der Waals surface area contributed by atoms with E-state index in [0.717, 1.165) is 0 Å². The Morgan fingerprint density at radius 3 is 3.00 bits per heavy atom. The minimum absolute atomic E-state index is 0.0369. The summed E-state index contributed by atoms with van der Waals surface area (Å²) in [6.07, 6.45) is 2.64. The van der Waals surface area contributed by atoms with Crippen molar-refractivity contribution in [2.75, 3.05) is 0 Å². The number of amidine groups is 1. The fraction of sp³-hybridized carbons (Fsp3) is 0.444. The number of rotatable bonds is 4. The average molecular weight is 224 g/mol. The van der Waals surface area contributed by atoms with Crippen LogP contribution in [0.4, 0.5) is 0 Å². The second kappa shape index (κ2) is 3.84. The first kappa shape index (κ1) is 10.5. The first-order chi connectivity index (χ1) is 7.69. The van der Waals surface area contributed by atoms with Gasteiger partial charge in [-0.15, -0.1) is 0 Å². The van der Waals surface area contributed by atoms with Gasteiger partial charge in [0.15, 0.2) is 5.84 Å². The van der Waals surface area contributed by atoms with Crippen LogP contribution in [0, 0.1) is 5.41 Å². The van der Waals surface area contributed by atoms with Gasteiger partial charge in [0.05, 0.1) is 6.54 Å². The van der Waals surface area contributed by atoms with Gasteiger partial charge in [-0.2, -0.15) is 0 Å². The molecule has 7 nitrogen and oxygen atoms in total. The lowest BCUT2D eigenvalue weighted by Gasteiger charge is -2.12. The lowest BCUT2D eigenvalue weighted by Crippen LogP contribution is -2.40. The van der Waals surface area contributed by atoms with E-state index in [1.165, 1.54) is 6.26 Å². The Bertz CT molecular complexity index is 408. The Labute approximate surface area is 91.3 Å². The predicted molar refractivity (Wildman–Crippen MR) is 53.4 cm³/mol. The number of nitrogens with one attached hydrogen (secondary N) is 1. The molecule has 16 heavy (non-hydrogen) atoms. The maximum absolute atomic E-state index is 11.8. The number of aromatic nitrogens is 1. The molecular weight excluding hydrogens is 212 g/mol. The third-order valence-corrected chi connectivity index (χ3v) is 2.70. The highest BCUT2D eigenvalue weighted by molar-refractivity contribution is 6.09. The van der Waals surface area contributed by atoms with E-state index in [4.69, 9.17) is 10.9 Å². The van der Waals surface area contributed by atoms with Crippen LogP contribution in [0.5, 0.6) is 0 Å². The van der Waals surface area contributed by atoms with E-state index in [9.17, 15) is 4.79 Å². The van der Waals surface area contributed by atoms with E-state index in [1.54, 1.807) is 6.07 Å². The molecule has 1 aromatic heterocycles. The summed E-state index contributed by atoms with van der Waals surface area (Å²) in [7, 11) is 0. The van der Waals surface area contributed by atoms with Gasteiger partial charge < -0.3 is 20.8 Å². The van der Waals surface area contributed by atoms with Crippen molar-refractivity contribution >= 4 is 11.7 Å². The molecule has 7 heteroatoms. The van der Waals surface area contributed by atoms with Crippen LogP contribution in [0.15, 0.2) is 22.0 Å². The molecule has 1 saturated carbocycles. The summed E-state index contributed by atoms with van der Waals surface area (Å²) in [5.74, 6) is -0.282. The predicted octanol–water partition coefficient (Wildman–Crippen LogP) is -0.183. The van der Waals surface area contributed by atoms with E-state index >= 15 is 0 Å². The molecule has 1 aliphatic rings. The van der Waals surface area contributed by atoms with Crippen molar-refractivity contribution in [2.45, 2.75) is 19.4 Å². The fourth-order valence-corrected chi connectivity index (χ4v) is 1.49. The Morgan fingerprint density at radius 1 is 1.75 bits per heavy atom. The molecule has 1 aliphatic carbocycles. The van der Waals surface area contributed by atoms with Gasteiger partial charge in [-0.1, -0.05) is 10.3 Å². The summed E-state index contributed by atoms with van der Waals surface area (Å²) < 4.78 is 4.63. The Kier molecular flexibility index (Phi) is 2.51. The van der Waals surface area contributed by atoms with E-state index in [2.05, 4.69) is 20.2 Å². The fourth-order valence-electron chi connectivity index (χ4n) is 1.49. The zero-order chi connectivity index (χ0) is 11.6. The van der Waals surface area contributed by atoms with Crippen molar-refractivity contribution in [1.82, 2.24) is 10.5 Å². The van der Waals surface area contributed by atoms with Crippen molar-refractivity contribution in [3.05, 3.63) is 18.0 Å². The molecule has 1 fully saturated rings. The van der Waals surface area contributed by atoms with Crippen molar-refractivity contribution in [2.24, 2.45) is 16.3 Å². The Hall–Kier alpha value is -2.05. The quantitative estimate of drug-likeness (QED) is 0.284. The average Bonchev–Trinajstić information content (AvgIpc) is 2.95. The lowest BCUT2D eigenvalue weighted by atomic mass is 10.1. The minimum Gasteiger partial charge on any atom is -0.409 e. The van der Waals surface area contributed by atoms with Gasteiger partial charge in [0.25, 0.3) is 0 Å². The maximum atomic E-state index is 11.8. The molecule has 2 rings (SSSR count). The monoisotopic (exact) mass is 224 g/mol. The lowest BCUT2D eigenvalue weighted by molar-refractivity contribution is -0.124. The molecule has 86 valence electrons. The molecule has 0 aliphatic heterocycles. The second-order valence-corrected chi connectivity index (χ2v) is 3.74. The van der Waals surface area contributed by atoms with Crippen molar-refractivity contribution < 1.29 is 14.5 Å². The molecule has 0 radical (unpaired) electrons. The summed E-state index contributed by atoms with van der Waals surface area (Å²) in [5, 5.41) is 17.8. The van der Waals surface area contributed by atoms with E-state index in [-0.39, 0.29) is 18.3 Å². The summed E-state index contributed by atoms with van der Waals surface area (Å²) in [6, 6.07) is 1.66. The smallest absolute Gasteiger partial charge is 0.234 e. The second-order valence-electron chi connectivity index (χ2n) is 3.74. The number of carbonyl (C=O) groups excluding carboxylic acids is 1. The van der Waals surface area contributed by atoms with E-state index in [1.807, 2.05) is 0 Å². The third kappa shape index (κ3) is 1.71. The first-order valence-electron chi connectivity index (χ1n) is 4.84. The van der Waals surface area contributed by atoms with Crippen LogP contribution in [0.3, 0.4) is 0 Å². The Morgan fingerprint density at radius 2 is 2.50 bits per heavy atom. The molecular formula is C9H12N4O3. The van der Waals surface area contributed by atoms with Gasteiger partial charge >= 0.3 is 0 Å².